The first-order chi connectivity index (χ1) is 7.54. The van der Waals surface area contributed by atoms with E-state index in [2.05, 4.69) is 26.1 Å². The van der Waals surface area contributed by atoms with Crippen molar-refractivity contribution in [3.63, 3.8) is 0 Å². The minimum absolute atomic E-state index is 0.116. The van der Waals surface area contributed by atoms with Gasteiger partial charge in [-0.3, -0.25) is 4.79 Å². The van der Waals surface area contributed by atoms with Crippen LogP contribution in [0.5, 0.6) is 0 Å². The Kier molecular flexibility index (Phi) is 5.26. The highest BCUT2D eigenvalue weighted by atomic mass is 16.1. The molecular weight excluding hydrogens is 200 g/mol. The van der Waals surface area contributed by atoms with E-state index in [1.807, 2.05) is 0 Å². The lowest BCUT2D eigenvalue weighted by molar-refractivity contribution is -0.122. The van der Waals surface area contributed by atoms with Gasteiger partial charge in [0.05, 0.1) is 0 Å². The van der Waals surface area contributed by atoms with E-state index in [-0.39, 0.29) is 11.8 Å². The minimum Gasteiger partial charge on any atom is -0.369 e. The number of nitrogens with two attached hydrogens (primary N) is 1. The van der Waals surface area contributed by atoms with E-state index in [9.17, 15) is 4.79 Å². The van der Waals surface area contributed by atoms with Crippen molar-refractivity contribution in [2.24, 2.45) is 17.6 Å². The molecule has 0 bridgehead atoms. The molecule has 0 spiro atoms. The first kappa shape index (κ1) is 13.5. The van der Waals surface area contributed by atoms with Crippen LogP contribution in [-0.2, 0) is 4.79 Å². The molecule has 1 unspecified atom stereocenters. The van der Waals surface area contributed by atoms with Crippen LogP contribution in [0.1, 0.15) is 52.9 Å². The predicted molar refractivity (Wildman–Crippen MR) is 67.0 cm³/mol. The molecule has 1 atom stereocenters. The molecular formula is C13H26N2O. The van der Waals surface area contributed by atoms with Crippen LogP contribution in [0.4, 0.5) is 0 Å². The minimum atomic E-state index is -0.116. The number of carbonyl (C=O) groups is 1. The zero-order valence-corrected chi connectivity index (χ0v) is 10.8. The molecule has 0 heterocycles. The Labute approximate surface area is 99.2 Å². The molecule has 16 heavy (non-hydrogen) atoms. The molecule has 0 aromatic heterocycles. The summed E-state index contributed by atoms with van der Waals surface area (Å²) in [5, 5.41) is 3.71. The fourth-order valence-electron chi connectivity index (χ4n) is 2.63. The van der Waals surface area contributed by atoms with E-state index < -0.39 is 0 Å². The van der Waals surface area contributed by atoms with Crippen LogP contribution in [0.3, 0.4) is 0 Å². The summed E-state index contributed by atoms with van der Waals surface area (Å²) in [5.41, 5.74) is 5.33. The summed E-state index contributed by atoms with van der Waals surface area (Å²) in [7, 11) is 0. The number of rotatable bonds is 5. The van der Waals surface area contributed by atoms with E-state index in [0.717, 1.165) is 25.7 Å². The van der Waals surface area contributed by atoms with E-state index in [1.165, 1.54) is 6.42 Å². The average Bonchev–Trinajstić information content (AvgIpc) is 2.26. The van der Waals surface area contributed by atoms with Crippen molar-refractivity contribution >= 4 is 5.91 Å². The molecule has 1 amide bonds. The summed E-state index contributed by atoms with van der Waals surface area (Å²) in [4.78, 5) is 11.0. The first-order valence-corrected chi connectivity index (χ1v) is 6.60. The molecule has 94 valence electrons. The summed E-state index contributed by atoms with van der Waals surface area (Å²) < 4.78 is 0. The second-order valence-corrected chi connectivity index (χ2v) is 5.38. The van der Waals surface area contributed by atoms with Crippen LogP contribution < -0.4 is 11.1 Å². The van der Waals surface area contributed by atoms with Gasteiger partial charge in [0.25, 0.3) is 0 Å². The number of primary amides is 1. The Morgan fingerprint density at radius 2 is 1.88 bits per heavy atom. The van der Waals surface area contributed by atoms with E-state index in [0.29, 0.717) is 18.0 Å². The smallest absolute Gasteiger partial charge is 0.220 e. The lowest BCUT2D eigenvalue weighted by atomic mass is 9.85. The SMILES string of the molecule is CCC(NC1CCC(C(N)=O)CC1)C(C)C. The molecule has 0 saturated heterocycles. The molecule has 1 fully saturated rings. The van der Waals surface area contributed by atoms with E-state index >= 15 is 0 Å². The van der Waals surface area contributed by atoms with Gasteiger partial charge in [0.15, 0.2) is 0 Å². The number of amides is 1. The number of hydrogen-bond donors (Lipinski definition) is 2. The highest BCUT2D eigenvalue weighted by Crippen LogP contribution is 2.25. The van der Waals surface area contributed by atoms with Crippen LogP contribution in [-0.4, -0.2) is 18.0 Å². The molecule has 0 radical (unpaired) electrons. The van der Waals surface area contributed by atoms with Gasteiger partial charge in [-0.2, -0.15) is 0 Å². The Hall–Kier alpha value is -0.570. The molecule has 3 heteroatoms. The van der Waals surface area contributed by atoms with Gasteiger partial charge in [-0.25, -0.2) is 0 Å². The normalized spacial score (nSPS) is 28.0. The Bertz CT molecular complexity index is 220. The largest absolute Gasteiger partial charge is 0.369 e. The maximum atomic E-state index is 11.0. The molecule has 0 aromatic rings. The zero-order chi connectivity index (χ0) is 12.1. The van der Waals surface area contributed by atoms with Crippen LogP contribution in [0.25, 0.3) is 0 Å². The van der Waals surface area contributed by atoms with E-state index in [1.54, 1.807) is 0 Å². The summed E-state index contributed by atoms with van der Waals surface area (Å²) >= 11 is 0. The molecule has 3 N–H and O–H groups in total. The molecule has 1 aliphatic rings. The van der Waals surface area contributed by atoms with Gasteiger partial charge in [0, 0.05) is 18.0 Å². The summed E-state index contributed by atoms with van der Waals surface area (Å²) in [6.07, 6.45) is 5.28. The highest BCUT2D eigenvalue weighted by molar-refractivity contribution is 5.76. The van der Waals surface area contributed by atoms with Crippen molar-refractivity contribution in [2.45, 2.75) is 65.0 Å². The van der Waals surface area contributed by atoms with Crippen LogP contribution in [0.2, 0.25) is 0 Å². The third-order valence-corrected chi connectivity index (χ3v) is 3.82. The van der Waals surface area contributed by atoms with Gasteiger partial charge >= 0.3 is 0 Å². The monoisotopic (exact) mass is 226 g/mol. The Morgan fingerprint density at radius 1 is 1.31 bits per heavy atom. The highest BCUT2D eigenvalue weighted by Gasteiger charge is 2.26. The Morgan fingerprint density at radius 3 is 2.25 bits per heavy atom. The molecule has 1 saturated carbocycles. The molecule has 3 nitrogen and oxygen atoms in total. The summed E-state index contributed by atoms with van der Waals surface area (Å²) in [6.45, 7) is 6.75. The second-order valence-electron chi connectivity index (χ2n) is 5.38. The number of nitrogens with one attached hydrogen (secondary N) is 1. The van der Waals surface area contributed by atoms with Crippen LogP contribution in [0, 0.1) is 11.8 Å². The van der Waals surface area contributed by atoms with Crippen molar-refractivity contribution in [1.29, 1.82) is 0 Å². The van der Waals surface area contributed by atoms with Gasteiger partial charge in [0.1, 0.15) is 0 Å². The quantitative estimate of drug-likeness (QED) is 0.754. The van der Waals surface area contributed by atoms with Gasteiger partial charge in [-0.05, 0) is 38.0 Å². The third kappa shape index (κ3) is 3.78. The van der Waals surface area contributed by atoms with Gasteiger partial charge in [0.2, 0.25) is 5.91 Å². The van der Waals surface area contributed by atoms with Gasteiger partial charge in [-0.15, -0.1) is 0 Å². The maximum Gasteiger partial charge on any atom is 0.220 e. The fraction of sp³-hybridized carbons (Fsp3) is 0.923. The van der Waals surface area contributed by atoms with Gasteiger partial charge in [-0.1, -0.05) is 20.8 Å². The molecule has 1 rings (SSSR count). The van der Waals surface area contributed by atoms with Crippen LogP contribution >= 0.6 is 0 Å². The third-order valence-electron chi connectivity index (χ3n) is 3.82. The lowest BCUT2D eigenvalue weighted by Gasteiger charge is -2.32. The summed E-state index contributed by atoms with van der Waals surface area (Å²) in [6, 6.07) is 1.19. The first-order valence-electron chi connectivity index (χ1n) is 6.60. The number of hydrogen-bond acceptors (Lipinski definition) is 2. The average molecular weight is 226 g/mol. The van der Waals surface area contributed by atoms with Crippen molar-refractivity contribution in [2.75, 3.05) is 0 Å². The molecule has 1 aliphatic carbocycles. The van der Waals surface area contributed by atoms with Crippen LogP contribution in [0.15, 0.2) is 0 Å². The van der Waals surface area contributed by atoms with Crippen molar-refractivity contribution in [3.8, 4) is 0 Å². The van der Waals surface area contributed by atoms with Crippen molar-refractivity contribution in [1.82, 2.24) is 5.32 Å². The van der Waals surface area contributed by atoms with E-state index in [4.69, 9.17) is 5.73 Å². The number of carbonyl (C=O) groups excluding carboxylic acids is 1. The molecule has 0 aliphatic heterocycles. The fourth-order valence-corrected chi connectivity index (χ4v) is 2.63. The maximum absolute atomic E-state index is 11.0. The topological polar surface area (TPSA) is 55.1 Å². The van der Waals surface area contributed by atoms with Gasteiger partial charge < -0.3 is 11.1 Å². The van der Waals surface area contributed by atoms with Crippen molar-refractivity contribution < 1.29 is 4.79 Å². The Balaban J connectivity index is 2.33. The standard InChI is InChI=1S/C13H26N2O/c1-4-12(9(2)3)15-11-7-5-10(6-8-11)13(14)16/h9-12,15H,4-8H2,1-3H3,(H2,14,16). The zero-order valence-electron chi connectivity index (χ0n) is 10.8. The predicted octanol–water partition coefficient (Wildman–Crippen LogP) is 2.05. The summed E-state index contributed by atoms with van der Waals surface area (Å²) in [5.74, 6) is 0.686. The molecule has 0 aromatic carbocycles. The lowest BCUT2D eigenvalue weighted by Crippen LogP contribution is -2.44. The van der Waals surface area contributed by atoms with Crippen molar-refractivity contribution in [3.05, 3.63) is 0 Å². The second kappa shape index (κ2) is 6.24.